The first-order valence-electron chi connectivity index (χ1n) is 7.70. The minimum atomic E-state index is -0.136. The topological polar surface area (TPSA) is 58.4 Å². The molecule has 2 aromatic carbocycles. The van der Waals surface area contributed by atoms with Gasteiger partial charge in [0.1, 0.15) is 5.69 Å². The van der Waals surface area contributed by atoms with Crippen molar-refractivity contribution in [3.05, 3.63) is 71.9 Å². The summed E-state index contributed by atoms with van der Waals surface area (Å²) in [6, 6.07) is 19.1. The van der Waals surface area contributed by atoms with Gasteiger partial charge in [-0.1, -0.05) is 41.6 Å². The Morgan fingerprint density at radius 3 is 2.62 bits per heavy atom. The van der Waals surface area contributed by atoms with E-state index in [2.05, 4.69) is 10.5 Å². The van der Waals surface area contributed by atoms with E-state index in [9.17, 15) is 4.79 Å². The fourth-order valence-electron chi connectivity index (χ4n) is 2.33. The van der Waals surface area contributed by atoms with Gasteiger partial charge in [0.05, 0.1) is 6.54 Å². The lowest BCUT2D eigenvalue weighted by atomic mass is 10.1. The van der Waals surface area contributed by atoms with Gasteiger partial charge in [0.2, 0.25) is 0 Å². The molecule has 0 aliphatic rings. The smallest absolute Gasteiger partial charge is 0.251 e. The van der Waals surface area contributed by atoms with Crippen molar-refractivity contribution in [3.8, 4) is 11.3 Å². The summed E-state index contributed by atoms with van der Waals surface area (Å²) >= 11 is 0. The van der Waals surface area contributed by atoms with Crippen molar-refractivity contribution in [3.63, 3.8) is 0 Å². The van der Waals surface area contributed by atoms with E-state index in [1.165, 1.54) is 0 Å². The quantitative estimate of drug-likeness (QED) is 0.783. The normalized spacial score (nSPS) is 10.4. The molecule has 0 spiro atoms. The van der Waals surface area contributed by atoms with Crippen LogP contribution in [-0.2, 0) is 6.54 Å². The first-order chi connectivity index (χ1) is 11.6. The molecule has 24 heavy (non-hydrogen) atoms. The fraction of sp³-hybridized carbons (Fsp3) is 0.158. The Bertz CT molecular complexity index is 825. The average Bonchev–Trinajstić information content (AvgIpc) is 3.09. The SMILES string of the molecule is CN(C)c1cccc(C(=O)NCc2cc(-c3ccccc3)on2)c1. The van der Waals surface area contributed by atoms with Crippen molar-refractivity contribution in [2.24, 2.45) is 0 Å². The van der Waals surface area contributed by atoms with Gasteiger partial charge in [0.25, 0.3) is 5.91 Å². The fourth-order valence-corrected chi connectivity index (χ4v) is 2.33. The molecule has 0 aliphatic heterocycles. The number of hydrogen-bond acceptors (Lipinski definition) is 4. The van der Waals surface area contributed by atoms with Crippen LogP contribution in [-0.4, -0.2) is 25.2 Å². The Hall–Kier alpha value is -3.08. The van der Waals surface area contributed by atoms with Gasteiger partial charge < -0.3 is 14.7 Å². The molecular weight excluding hydrogens is 302 g/mol. The summed E-state index contributed by atoms with van der Waals surface area (Å²) in [6.45, 7) is 0.321. The number of amides is 1. The second-order valence-electron chi connectivity index (χ2n) is 5.68. The molecule has 1 N–H and O–H groups in total. The summed E-state index contributed by atoms with van der Waals surface area (Å²) in [5.41, 5.74) is 3.25. The molecule has 0 atom stereocenters. The van der Waals surface area contributed by atoms with Crippen LogP contribution in [0.2, 0.25) is 0 Å². The first kappa shape index (κ1) is 15.8. The monoisotopic (exact) mass is 321 g/mol. The van der Waals surface area contributed by atoms with Crippen LogP contribution in [0, 0.1) is 0 Å². The van der Waals surface area contributed by atoms with E-state index in [-0.39, 0.29) is 5.91 Å². The number of aromatic nitrogens is 1. The van der Waals surface area contributed by atoms with Crippen molar-refractivity contribution in [1.29, 1.82) is 0 Å². The van der Waals surface area contributed by atoms with Crippen molar-refractivity contribution in [2.45, 2.75) is 6.54 Å². The first-order valence-corrected chi connectivity index (χ1v) is 7.70. The van der Waals surface area contributed by atoms with Gasteiger partial charge in [-0.25, -0.2) is 0 Å². The van der Waals surface area contributed by atoms with Crippen LogP contribution < -0.4 is 10.2 Å². The van der Waals surface area contributed by atoms with Crippen LogP contribution in [0.25, 0.3) is 11.3 Å². The number of benzene rings is 2. The van der Waals surface area contributed by atoms with Crippen LogP contribution in [0.3, 0.4) is 0 Å². The average molecular weight is 321 g/mol. The molecule has 1 aromatic heterocycles. The molecule has 0 bridgehead atoms. The molecule has 0 aliphatic carbocycles. The number of carbonyl (C=O) groups excluding carboxylic acids is 1. The van der Waals surface area contributed by atoms with Crippen molar-refractivity contribution in [2.75, 3.05) is 19.0 Å². The van der Waals surface area contributed by atoms with Crippen molar-refractivity contribution >= 4 is 11.6 Å². The number of rotatable bonds is 5. The number of carbonyl (C=O) groups is 1. The Morgan fingerprint density at radius 1 is 1.08 bits per heavy atom. The van der Waals surface area contributed by atoms with Gasteiger partial charge in [0.15, 0.2) is 5.76 Å². The third kappa shape index (κ3) is 3.63. The van der Waals surface area contributed by atoms with E-state index in [4.69, 9.17) is 4.52 Å². The Labute approximate surface area is 140 Å². The standard InChI is InChI=1S/C19H19N3O2/c1-22(2)17-10-6-9-15(11-17)19(23)20-13-16-12-18(24-21-16)14-7-4-3-5-8-14/h3-12H,13H2,1-2H3,(H,20,23). The predicted molar refractivity (Wildman–Crippen MR) is 93.9 cm³/mol. The van der Waals surface area contributed by atoms with Gasteiger partial charge in [-0.05, 0) is 18.2 Å². The Kier molecular flexibility index (Phi) is 4.61. The highest BCUT2D eigenvalue weighted by Crippen LogP contribution is 2.19. The number of hydrogen-bond donors (Lipinski definition) is 1. The minimum Gasteiger partial charge on any atom is -0.378 e. The molecule has 5 nitrogen and oxygen atoms in total. The maximum absolute atomic E-state index is 12.3. The highest BCUT2D eigenvalue weighted by Gasteiger charge is 2.10. The molecule has 0 unspecified atom stereocenters. The zero-order valence-corrected chi connectivity index (χ0v) is 13.7. The summed E-state index contributed by atoms with van der Waals surface area (Å²) in [7, 11) is 3.88. The molecule has 1 heterocycles. The molecule has 3 rings (SSSR count). The lowest BCUT2D eigenvalue weighted by Gasteiger charge is -2.13. The molecule has 0 fully saturated rings. The summed E-state index contributed by atoms with van der Waals surface area (Å²) < 4.78 is 5.33. The molecule has 0 radical (unpaired) electrons. The summed E-state index contributed by atoms with van der Waals surface area (Å²) in [5, 5.41) is 6.87. The molecule has 0 saturated heterocycles. The van der Waals surface area contributed by atoms with E-state index in [0.717, 1.165) is 11.3 Å². The van der Waals surface area contributed by atoms with Gasteiger partial charge in [0, 0.05) is 37.0 Å². The number of nitrogens with zero attached hydrogens (tertiary/aromatic N) is 2. The zero-order valence-electron chi connectivity index (χ0n) is 13.7. The second kappa shape index (κ2) is 7.00. The van der Waals surface area contributed by atoms with Gasteiger partial charge in [-0.3, -0.25) is 4.79 Å². The van der Waals surface area contributed by atoms with Crippen LogP contribution in [0.15, 0.2) is 65.2 Å². The Morgan fingerprint density at radius 2 is 1.88 bits per heavy atom. The van der Waals surface area contributed by atoms with Crippen LogP contribution >= 0.6 is 0 Å². The minimum absolute atomic E-state index is 0.136. The lowest BCUT2D eigenvalue weighted by Crippen LogP contribution is -2.23. The predicted octanol–water partition coefficient (Wildman–Crippen LogP) is 3.34. The zero-order chi connectivity index (χ0) is 16.9. The van der Waals surface area contributed by atoms with Crippen molar-refractivity contribution in [1.82, 2.24) is 10.5 Å². The van der Waals surface area contributed by atoms with Crippen LogP contribution in [0.4, 0.5) is 5.69 Å². The molecule has 1 amide bonds. The maximum Gasteiger partial charge on any atom is 0.251 e. The molecular formula is C19H19N3O2. The van der Waals surface area contributed by atoms with Gasteiger partial charge in [-0.15, -0.1) is 0 Å². The number of anilines is 1. The van der Waals surface area contributed by atoms with E-state index in [1.54, 1.807) is 6.07 Å². The Balaban J connectivity index is 1.65. The van der Waals surface area contributed by atoms with Crippen LogP contribution in [0.1, 0.15) is 16.1 Å². The third-order valence-electron chi connectivity index (χ3n) is 3.67. The highest BCUT2D eigenvalue weighted by atomic mass is 16.5. The van der Waals surface area contributed by atoms with Gasteiger partial charge in [-0.2, -0.15) is 0 Å². The van der Waals surface area contributed by atoms with Crippen LogP contribution in [0.5, 0.6) is 0 Å². The summed E-state index contributed by atoms with van der Waals surface area (Å²) in [4.78, 5) is 14.2. The summed E-state index contributed by atoms with van der Waals surface area (Å²) in [6.07, 6.45) is 0. The number of nitrogens with one attached hydrogen (secondary N) is 1. The maximum atomic E-state index is 12.3. The van der Waals surface area contributed by atoms with E-state index in [1.807, 2.05) is 73.6 Å². The molecule has 3 aromatic rings. The van der Waals surface area contributed by atoms with E-state index < -0.39 is 0 Å². The lowest BCUT2D eigenvalue weighted by molar-refractivity contribution is 0.0950. The molecule has 122 valence electrons. The summed E-state index contributed by atoms with van der Waals surface area (Å²) in [5.74, 6) is 0.553. The largest absolute Gasteiger partial charge is 0.378 e. The van der Waals surface area contributed by atoms with Gasteiger partial charge >= 0.3 is 0 Å². The third-order valence-corrected chi connectivity index (χ3v) is 3.67. The van der Waals surface area contributed by atoms with E-state index >= 15 is 0 Å². The van der Waals surface area contributed by atoms with E-state index in [0.29, 0.717) is 23.6 Å². The second-order valence-corrected chi connectivity index (χ2v) is 5.68. The molecule has 5 heteroatoms. The van der Waals surface area contributed by atoms with Crippen molar-refractivity contribution < 1.29 is 9.32 Å². The highest BCUT2D eigenvalue weighted by molar-refractivity contribution is 5.95. The molecule has 0 saturated carbocycles.